The van der Waals surface area contributed by atoms with Crippen molar-refractivity contribution in [3.05, 3.63) is 104 Å². The molecule has 3 aromatic carbocycles. The Hall–Kier alpha value is -4.06. The molecule has 2 heterocycles. The van der Waals surface area contributed by atoms with Gasteiger partial charge in [0.1, 0.15) is 5.58 Å². The second-order valence-electron chi connectivity index (χ2n) is 9.79. The minimum Gasteiger partial charge on any atom is -0.490 e. The van der Waals surface area contributed by atoms with Gasteiger partial charge in [0, 0.05) is 6.54 Å². The molecule has 6 heteroatoms. The first-order valence-electron chi connectivity index (χ1n) is 13.2. The number of fused-ring (bicyclic) bond motifs is 2. The van der Waals surface area contributed by atoms with E-state index in [1.807, 2.05) is 81.4 Å². The molecule has 5 rings (SSSR count). The van der Waals surface area contributed by atoms with Crippen molar-refractivity contribution in [3.8, 4) is 11.5 Å². The van der Waals surface area contributed by atoms with Gasteiger partial charge < -0.3 is 18.8 Å². The summed E-state index contributed by atoms with van der Waals surface area (Å²) in [5.41, 5.74) is 4.19. The molecule has 196 valence electrons. The first-order valence-corrected chi connectivity index (χ1v) is 13.2. The molecule has 0 radical (unpaired) electrons. The third kappa shape index (κ3) is 4.67. The van der Waals surface area contributed by atoms with E-state index < -0.39 is 6.04 Å². The summed E-state index contributed by atoms with van der Waals surface area (Å²) in [4.78, 5) is 29.6. The van der Waals surface area contributed by atoms with Crippen LogP contribution < -0.4 is 14.9 Å². The van der Waals surface area contributed by atoms with Crippen LogP contribution in [0.4, 0.5) is 0 Å². The number of unbranched alkanes of at least 4 members (excludes halogenated alkanes) is 1. The number of aryl methyl sites for hydroxylation is 2. The van der Waals surface area contributed by atoms with E-state index in [1.165, 1.54) is 0 Å². The van der Waals surface area contributed by atoms with Crippen molar-refractivity contribution in [3.63, 3.8) is 0 Å². The Morgan fingerprint density at radius 3 is 2.45 bits per heavy atom. The molecule has 1 aliphatic heterocycles. The normalized spacial score (nSPS) is 14.7. The number of benzene rings is 3. The van der Waals surface area contributed by atoms with Gasteiger partial charge in [-0.05, 0) is 67.6 Å². The zero-order valence-electron chi connectivity index (χ0n) is 22.4. The van der Waals surface area contributed by atoms with Gasteiger partial charge in [-0.2, -0.15) is 0 Å². The maximum absolute atomic E-state index is 14.0. The molecule has 0 N–H and O–H groups in total. The highest BCUT2D eigenvalue weighted by atomic mass is 16.5. The highest BCUT2D eigenvalue weighted by molar-refractivity contribution is 5.99. The summed E-state index contributed by atoms with van der Waals surface area (Å²) in [7, 11) is 0. The van der Waals surface area contributed by atoms with Crippen molar-refractivity contribution in [1.82, 2.24) is 4.90 Å². The highest BCUT2D eigenvalue weighted by Gasteiger charge is 2.43. The van der Waals surface area contributed by atoms with Crippen molar-refractivity contribution in [1.29, 1.82) is 0 Å². The molecule has 1 amide bonds. The van der Waals surface area contributed by atoms with Gasteiger partial charge in [-0.15, -0.1) is 0 Å². The maximum Gasteiger partial charge on any atom is 0.291 e. The van der Waals surface area contributed by atoms with E-state index in [1.54, 1.807) is 4.90 Å². The largest absolute Gasteiger partial charge is 0.490 e. The van der Waals surface area contributed by atoms with Gasteiger partial charge in [0.15, 0.2) is 16.9 Å². The van der Waals surface area contributed by atoms with Crippen LogP contribution in [0.1, 0.15) is 71.1 Å². The van der Waals surface area contributed by atoms with Gasteiger partial charge in [0.05, 0.1) is 30.2 Å². The van der Waals surface area contributed by atoms with Crippen LogP contribution in [0.15, 0.2) is 69.9 Å². The van der Waals surface area contributed by atoms with Crippen LogP contribution in [0.2, 0.25) is 0 Å². The van der Waals surface area contributed by atoms with E-state index >= 15 is 0 Å². The molecule has 1 atom stereocenters. The Balaban J connectivity index is 1.69. The molecule has 0 spiro atoms. The highest BCUT2D eigenvalue weighted by Crippen LogP contribution is 2.42. The lowest BCUT2D eigenvalue weighted by atomic mass is 9.96. The molecule has 0 aliphatic carbocycles. The lowest BCUT2D eigenvalue weighted by Crippen LogP contribution is -2.29. The number of hydrogen-bond donors (Lipinski definition) is 0. The van der Waals surface area contributed by atoms with Gasteiger partial charge in [0.2, 0.25) is 5.76 Å². The van der Waals surface area contributed by atoms with Crippen LogP contribution in [-0.4, -0.2) is 24.0 Å². The molecule has 6 nitrogen and oxygen atoms in total. The third-order valence-corrected chi connectivity index (χ3v) is 6.93. The van der Waals surface area contributed by atoms with Crippen LogP contribution in [0, 0.1) is 13.8 Å². The van der Waals surface area contributed by atoms with E-state index in [4.69, 9.17) is 13.9 Å². The molecule has 1 unspecified atom stereocenters. The number of amides is 1. The first kappa shape index (κ1) is 25.6. The summed E-state index contributed by atoms with van der Waals surface area (Å²) < 4.78 is 18.1. The van der Waals surface area contributed by atoms with Crippen molar-refractivity contribution >= 4 is 16.9 Å². The fourth-order valence-corrected chi connectivity index (χ4v) is 5.17. The third-order valence-electron chi connectivity index (χ3n) is 6.93. The molecule has 1 aromatic heterocycles. The van der Waals surface area contributed by atoms with Gasteiger partial charge in [-0.25, -0.2) is 0 Å². The van der Waals surface area contributed by atoms with Crippen molar-refractivity contribution in [2.45, 2.75) is 53.1 Å². The second kappa shape index (κ2) is 10.7. The fraction of sp³-hybridized carbons (Fsp3) is 0.312. The molecular formula is C32H33NO5. The Labute approximate surface area is 222 Å². The molecule has 4 aromatic rings. The molecule has 0 fully saturated rings. The molecule has 38 heavy (non-hydrogen) atoms. The zero-order valence-corrected chi connectivity index (χ0v) is 22.4. The summed E-state index contributed by atoms with van der Waals surface area (Å²) in [5, 5.41) is 0.491. The van der Waals surface area contributed by atoms with E-state index in [9.17, 15) is 9.59 Å². The summed E-state index contributed by atoms with van der Waals surface area (Å²) in [6.07, 6.45) is 1.97. The van der Waals surface area contributed by atoms with Crippen molar-refractivity contribution < 1.29 is 18.7 Å². The SMILES string of the molecule is CCCCOc1ccc(C2c3c(oc4c(C)cc(C)cc4c3=O)C(=O)N2Cc2ccccc2)cc1OCC. The van der Waals surface area contributed by atoms with Gasteiger partial charge in [-0.3, -0.25) is 9.59 Å². The van der Waals surface area contributed by atoms with E-state index in [2.05, 4.69) is 6.92 Å². The Morgan fingerprint density at radius 2 is 1.71 bits per heavy atom. The van der Waals surface area contributed by atoms with Crippen LogP contribution >= 0.6 is 0 Å². The minimum absolute atomic E-state index is 0.108. The molecule has 0 bridgehead atoms. The smallest absolute Gasteiger partial charge is 0.291 e. The van der Waals surface area contributed by atoms with Gasteiger partial charge in [-0.1, -0.05) is 55.8 Å². The second-order valence-corrected chi connectivity index (χ2v) is 9.79. The summed E-state index contributed by atoms with van der Waals surface area (Å²) in [6.45, 7) is 9.28. The lowest BCUT2D eigenvalue weighted by Gasteiger charge is -2.26. The molecule has 0 saturated heterocycles. The predicted octanol–water partition coefficient (Wildman–Crippen LogP) is 6.73. The number of nitrogens with zero attached hydrogens (tertiary/aromatic N) is 1. The lowest BCUT2D eigenvalue weighted by molar-refractivity contribution is 0.0714. The average Bonchev–Trinajstić information content (AvgIpc) is 3.18. The maximum atomic E-state index is 14.0. The fourth-order valence-electron chi connectivity index (χ4n) is 5.17. The monoisotopic (exact) mass is 511 g/mol. The van der Waals surface area contributed by atoms with Crippen molar-refractivity contribution in [2.75, 3.05) is 13.2 Å². The molecule has 1 aliphatic rings. The van der Waals surface area contributed by atoms with E-state index in [0.717, 1.165) is 35.1 Å². The van der Waals surface area contributed by atoms with E-state index in [-0.39, 0.29) is 17.1 Å². The predicted molar refractivity (Wildman–Crippen MR) is 148 cm³/mol. The van der Waals surface area contributed by atoms with E-state index in [0.29, 0.717) is 47.8 Å². The van der Waals surface area contributed by atoms with Gasteiger partial charge in [0.25, 0.3) is 5.91 Å². The van der Waals surface area contributed by atoms with Crippen LogP contribution in [-0.2, 0) is 6.54 Å². The number of ether oxygens (including phenoxy) is 2. The Morgan fingerprint density at radius 1 is 0.921 bits per heavy atom. The average molecular weight is 512 g/mol. The number of carbonyl (C=O) groups is 1. The topological polar surface area (TPSA) is 69.0 Å². The van der Waals surface area contributed by atoms with Crippen LogP contribution in [0.25, 0.3) is 11.0 Å². The van der Waals surface area contributed by atoms with Crippen molar-refractivity contribution in [2.24, 2.45) is 0 Å². The van der Waals surface area contributed by atoms with Gasteiger partial charge >= 0.3 is 0 Å². The summed E-state index contributed by atoms with van der Waals surface area (Å²) in [5.74, 6) is 1.06. The standard InChI is InChI=1S/C32H33NO5/c1-5-7-15-37-25-14-13-23(18-26(25)36-6-2)28-27-29(34)24-17-20(3)16-21(4)30(24)38-31(27)32(35)33(28)19-22-11-9-8-10-12-22/h8-14,16-18,28H,5-7,15,19H2,1-4H3. The molecular weight excluding hydrogens is 478 g/mol. The number of rotatable bonds is 9. The quantitative estimate of drug-likeness (QED) is 0.233. The first-order chi connectivity index (χ1) is 18.4. The van der Waals surface area contributed by atoms with Crippen LogP contribution in [0.5, 0.6) is 11.5 Å². The zero-order chi connectivity index (χ0) is 26.8. The number of carbonyl (C=O) groups excluding carboxylic acids is 1. The Kier molecular flexibility index (Phi) is 7.23. The van der Waals surface area contributed by atoms with Crippen LogP contribution in [0.3, 0.4) is 0 Å². The Bertz CT molecular complexity index is 1540. The molecule has 0 saturated carbocycles. The summed E-state index contributed by atoms with van der Waals surface area (Å²) in [6, 6.07) is 18.6. The minimum atomic E-state index is -0.622. The summed E-state index contributed by atoms with van der Waals surface area (Å²) >= 11 is 0. The number of hydrogen-bond acceptors (Lipinski definition) is 5.